The largest absolute Gasteiger partial charge is 0.496 e. The van der Waals surface area contributed by atoms with E-state index in [-0.39, 0.29) is 16.4 Å². The average Bonchev–Trinajstić information content (AvgIpc) is 2.70. The third-order valence-corrected chi connectivity index (χ3v) is 5.01. The van der Waals surface area contributed by atoms with Crippen molar-refractivity contribution in [2.45, 2.75) is 5.92 Å². The molecule has 0 aromatic heterocycles. The predicted octanol–water partition coefficient (Wildman–Crippen LogP) is 1.34. The van der Waals surface area contributed by atoms with Gasteiger partial charge >= 0.3 is 11.9 Å². The molecule has 1 heterocycles. The van der Waals surface area contributed by atoms with Gasteiger partial charge in [0.05, 0.1) is 43.8 Å². The summed E-state index contributed by atoms with van der Waals surface area (Å²) in [5, 5.41) is 12.5. The van der Waals surface area contributed by atoms with Crippen LogP contribution in [0.25, 0.3) is 0 Å². The van der Waals surface area contributed by atoms with Gasteiger partial charge in [0.2, 0.25) is 5.91 Å². The molecule has 1 aliphatic heterocycles. The van der Waals surface area contributed by atoms with Gasteiger partial charge in [0.25, 0.3) is 0 Å². The van der Waals surface area contributed by atoms with Gasteiger partial charge in [-0.1, -0.05) is 30.0 Å². The van der Waals surface area contributed by atoms with Crippen LogP contribution in [-0.2, 0) is 23.9 Å². The number of rotatable bonds is 6. The summed E-state index contributed by atoms with van der Waals surface area (Å²) in [6.07, 6.45) is 0. The molecule has 0 aliphatic carbocycles. The summed E-state index contributed by atoms with van der Waals surface area (Å²) in [4.78, 5) is 36.4. The molecule has 0 bridgehead atoms. The van der Waals surface area contributed by atoms with E-state index in [1.54, 1.807) is 24.3 Å². The third kappa shape index (κ3) is 4.23. The van der Waals surface area contributed by atoms with E-state index in [0.29, 0.717) is 11.3 Å². The minimum absolute atomic E-state index is 0.0984. The van der Waals surface area contributed by atoms with E-state index in [1.165, 1.54) is 21.3 Å². The molecule has 0 radical (unpaired) electrons. The number of esters is 2. The molecule has 2 atom stereocenters. The molecule has 1 aliphatic rings. The summed E-state index contributed by atoms with van der Waals surface area (Å²) in [7, 11) is 3.87. The van der Waals surface area contributed by atoms with Crippen LogP contribution in [0.4, 0.5) is 0 Å². The molecule has 1 aromatic carbocycles. The zero-order chi connectivity index (χ0) is 20.0. The fraction of sp³-hybridized carbons (Fsp3) is 0.333. The Labute approximate surface area is 160 Å². The minimum Gasteiger partial charge on any atom is -0.496 e. The smallest absolute Gasteiger partial charge is 0.319 e. The second-order valence-corrected chi connectivity index (χ2v) is 6.41. The first-order chi connectivity index (χ1) is 13.0. The molecule has 27 heavy (non-hydrogen) atoms. The van der Waals surface area contributed by atoms with Crippen molar-refractivity contribution >= 4 is 29.6 Å². The summed E-state index contributed by atoms with van der Waals surface area (Å²) in [5.41, 5.74) is 0.640. The molecule has 9 heteroatoms. The number of hydrogen-bond donors (Lipinski definition) is 1. The molecular weight excluding hydrogens is 372 g/mol. The number of nitriles is 1. The highest BCUT2D eigenvalue weighted by molar-refractivity contribution is 8.03. The van der Waals surface area contributed by atoms with E-state index in [0.717, 1.165) is 11.8 Å². The van der Waals surface area contributed by atoms with Crippen LogP contribution in [0.5, 0.6) is 5.75 Å². The molecule has 1 aromatic rings. The number of benzene rings is 1. The van der Waals surface area contributed by atoms with Crippen LogP contribution in [0.1, 0.15) is 11.5 Å². The predicted molar refractivity (Wildman–Crippen MR) is 96.5 cm³/mol. The molecule has 0 saturated heterocycles. The Balaban J connectivity index is 2.61. The molecule has 0 saturated carbocycles. The molecule has 142 valence electrons. The van der Waals surface area contributed by atoms with E-state index in [2.05, 4.69) is 16.1 Å². The molecule has 1 amide bonds. The first kappa shape index (κ1) is 20.3. The third-order valence-electron chi connectivity index (χ3n) is 4.02. The molecule has 0 spiro atoms. The number of amides is 1. The first-order valence-electron chi connectivity index (χ1n) is 7.83. The van der Waals surface area contributed by atoms with Gasteiger partial charge in [-0.15, -0.1) is 0 Å². The van der Waals surface area contributed by atoms with Gasteiger partial charge in [-0.2, -0.15) is 5.26 Å². The van der Waals surface area contributed by atoms with E-state index >= 15 is 0 Å². The number of methoxy groups -OCH3 is 3. The zero-order valence-electron chi connectivity index (χ0n) is 15.0. The Bertz CT molecular complexity index is 829. The summed E-state index contributed by atoms with van der Waals surface area (Å²) >= 11 is 0.957. The number of ether oxygens (including phenoxy) is 3. The number of hydrogen-bond acceptors (Lipinski definition) is 8. The van der Waals surface area contributed by atoms with Crippen molar-refractivity contribution in [1.82, 2.24) is 5.32 Å². The Morgan fingerprint density at radius 1 is 1.22 bits per heavy atom. The number of nitrogens with zero attached hydrogens (tertiary/aromatic N) is 1. The van der Waals surface area contributed by atoms with Crippen LogP contribution in [-0.4, -0.2) is 44.9 Å². The monoisotopic (exact) mass is 390 g/mol. The van der Waals surface area contributed by atoms with E-state index in [9.17, 15) is 19.6 Å². The Morgan fingerprint density at radius 3 is 2.52 bits per heavy atom. The van der Waals surface area contributed by atoms with Crippen molar-refractivity contribution in [3.63, 3.8) is 0 Å². The lowest BCUT2D eigenvalue weighted by atomic mass is 9.78. The van der Waals surface area contributed by atoms with Crippen molar-refractivity contribution in [2.24, 2.45) is 5.92 Å². The summed E-state index contributed by atoms with van der Waals surface area (Å²) < 4.78 is 14.7. The van der Waals surface area contributed by atoms with Gasteiger partial charge < -0.3 is 19.5 Å². The van der Waals surface area contributed by atoms with Crippen molar-refractivity contribution < 1.29 is 28.6 Å². The highest BCUT2D eigenvalue weighted by Crippen LogP contribution is 2.43. The van der Waals surface area contributed by atoms with Gasteiger partial charge in [-0.05, 0) is 6.07 Å². The lowest BCUT2D eigenvalue weighted by Crippen LogP contribution is -2.44. The average molecular weight is 390 g/mol. The normalized spacial score (nSPS) is 19.0. The molecular formula is C18H18N2O6S. The zero-order valence-corrected chi connectivity index (χ0v) is 15.8. The summed E-state index contributed by atoms with van der Waals surface area (Å²) in [6, 6.07) is 8.86. The van der Waals surface area contributed by atoms with Crippen molar-refractivity contribution in [3.8, 4) is 11.8 Å². The number of thioether (sulfide) groups is 1. The maximum absolute atomic E-state index is 12.6. The second kappa shape index (κ2) is 9.09. The Hall–Kier alpha value is -2.99. The van der Waals surface area contributed by atoms with Crippen molar-refractivity contribution in [1.29, 1.82) is 5.26 Å². The maximum Gasteiger partial charge on any atom is 0.319 e. The Morgan fingerprint density at radius 2 is 1.93 bits per heavy atom. The summed E-state index contributed by atoms with van der Waals surface area (Å²) in [6.45, 7) is 0. The molecule has 2 rings (SSSR count). The van der Waals surface area contributed by atoms with Gasteiger partial charge in [0.1, 0.15) is 11.7 Å². The lowest BCUT2D eigenvalue weighted by molar-refractivity contribution is -0.150. The fourth-order valence-electron chi connectivity index (χ4n) is 2.77. The minimum atomic E-state index is -1.26. The van der Waals surface area contributed by atoms with Gasteiger partial charge in [0, 0.05) is 11.5 Å². The SMILES string of the molecule is COC(=O)CSC1=C(C#N)[C@@H](c2ccccc2OC)[C@@H](C(=O)OC)C(=O)N1. The van der Waals surface area contributed by atoms with Crippen LogP contribution >= 0.6 is 11.8 Å². The van der Waals surface area contributed by atoms with E-state index in [4.69, 9.17) is 9.47 Å². The Kier molecular flexibility index (Phi) is 6.85. The van der Waals surface area contributed by atoms with E-state index < -0.39 is 29.7 Å². The van der Waals surface area contributed by atoms with Crippen LogP contribution in [0.2, 0.25) is 0 Å². The molecule has 0 unspecified atom stereocenters. The van der Waals surface area contributed by atoms with Crippen LogP contribution in [0.15, 0.2) is 34.9 Å². The quantitative estimate of drug-likeness (QED) is 0.572. The molecule has 8 nitrogen and oxygen atoms in total. The first-order valence-corrected chi connectivity index (χ1v) is 8.82. The van der Waals surface area contributed by atoms with E-state index in [1.807, 2.05) is 0 Å². The number of carbonyl (C=O) groups excluding carboxylic acids is 3. The van der Waals surface area contributed by atoms with Gasteiger partial charge in [-0.25, -0.2) is 0 Å². The summed E-state index contributed by atoms with van der Waals surface area (Å²) in [5.74, 6) is -3.74. The highest BCUT2D eigenvalue weighted by atomic mass is 32.2. The molecule has 1 N–H and O–H groups in total. The maximum atomic E-state index is 12.6. The highest BCUT2D eigenvalue weighted by Gasteiger charge is 2.45. The standard InChI is InChI=1S/C18H18N2O6S/c1-24-12-7-5-4-6-10(12)14-11(8-19)17(27-9-13(21)25-2)20-16(22)15(14)18(23)26-3/h4-7,14-15H,9H2,1-3H3,(H,20,22)/t14-,15-/m1/s1. The lowest BCUT2D eigenvalue weighted by Gasteiger charge is -2.31. The van der Waals surface area contributed by atoms with Crippen LogP contribution in [0.3, 0.4) is 0 Å². The van der Waals surface area contributed by atoms with Crippen molar-refractivity contribution in [3.05, 3.63) is 40.4 Å². The number of carbonyl (C=O) groups is 3. The van der Waals surface area contributed by atoms with Gasteiger partial charge in [-0.3, -0.25) is 14.4 Å². The topological polar surface area (TPSA) is 115 Å². The second-order valence-electron chi connectivity index (χ2n) is 5.43. The van der Waals surface area contributed by atoms with Crippen molar-refractivity contribution in [2.75, 3.05) is 27.1 Å². The fourth-order valence-corrected chi connectivity index (χ4v) is 3.65. The van der Waals surface area contributed by atoms with Gasteiger partial charge in [0.15, 0.2) is 0 Å². The number of para-hydroxylation sites is 1. The molecule has 0 fully saturated rings. The number of allylic oxidation sites excluding steroid dienone is 1. The van der Waals surface area contributed by atoms with Crippen LogP contribution < -0.4 is 10.1 Å². The number of nitrogens with one attached hydrogen (secondary N) is 1. The van der Waals surface area contributed by atoms with Crippen LogP contribution in [0, 0.1) is 17.2 Å².